The van der Waals surface area contributed by atoms with Crippen molar-refractivity contribution in [3.8, 4) is 0 Å². The quantitative estimate of drug-likeness (QED) is 0.668. The van der Waals surface area contributed by atoms with Crippen LogP contribution in [-0.2, 0) is 0 Å². The fourth-order valence-electron chi connectivity index (χ4n) is 0.996. The van der Waals surface area contributed by atoms with E-state index in [4.69, 9.17) is 0 Å². The van der Waals surface area contributed by atoms with Crippen molar-refractivity contribution in [2.45, 2.75) is 6.92 Å². The maximum Gasteiger partial charge on any atom is 0.125 e. The highest BCUT2D eigenvalue weighted by atomic mass is 19.1. The first-order chi connectivity index (χ1) is 5.15. The van der Waals surface area contributed by atoms with E-state index < -0.39 is 5.83 Å². The van der Waals surface area contributed by atoms with Crippen LogP contribution in [0.15, 0.2) is 19.2 Å². The van der Waals surface area contributed by atoms with Crippen LogP contribution in [0.1, 0.15) is 17.0 Å². The second-order valence-corrected chi connectivity index (χ2v) is 2.39. The molecule has 0 aliphatic carbocycles. The average molecular weight is 151 g/mol. The van der Waals surface area contributed by atoms with Crippen LogP contribution in [0.2, 0.25) is 0 Å². The molecule has 1 rings (SSSR count). The number of nitrogens with one attached hydrogen (secondary N) is 1. The Labute approximate surface area is 65.3 Å². The lowest BCUT2D eigenvalue weighted by atomic mass is 10.2. The molecule has 58 valence electrons. The van der Waals surface area contributed by atoms with Crippen molar-refractivity contribution in [3.63, 3.8) is 0 Å². The predicted molar refractivity (Wildman–Crippen MR) is 45.8 cm³/mol. The topological polar surface area (TPSA) is 15.8 Å². The van der Waals surface area contributed by atoms with Gasteiger partial charge in [-0.25, -0.2) is 4.39 Å². The highest BCUT2D eigenvalue weighted by molar-refractivity contribution is 5.67. The molecule has 1 aromatic heterocycles. The summed E-state index contributed by atoms with van der Waals surface area (Å²) in [5, 5.41) is 0. The number of hydrogen-bond acceptors (Lipinski definition) is 0. The van der Waals surface area contributed by atoms with Gasteiger partial charge in [-0.15, -0.1) is 0 Å². The highest BCUT2D eigenvalue weighted by Gasteiger charge is 2.05. The van der Waals surface area contributed by atoms with Gasteiger partial charge in [0.2, 0.25) is 0 Å². The maximum atomic E-state index is 12.6. The summed E-state index contributed by atoms with van der Waals surface area (Å²) in [6, 6.07) is 1.71. The molecule has 0 amide bonds. The van der Waals surface area contributed by atoms with Gasteiger partial charge < -0.3 is 4.98 Å². The van der Waals surface area contributed by atoms with E-state index in [1.54, 1.807) is 12.1 Å². The molecule has 1 aromatic rings. The van der Waals surface area contributed by atoms with Gasteiger partial charge in [0, 0.05) is 17.0 Å². The van der Waals surface area contributed by atoms with Crippen molar-refractivity contribution in [3.05, 3.63) is 36.2 Å². The molecule has 11 heavy (non-hydrogen) atoms. The van der Waals surface area contributed by atoms with Gasteiger partial charge in [0.1, 0.15) is 5.83 Å². The van der Waals surface area contributed by atoms with E-state index in [0.29, 0.717) is 11.3 Å². The summed E-state index contributed by atoms with van der Waals surface area (Å²) in [7, 11) is 0. The number of rotatable bonds is 2. The highest BCUT2D eigenvalue weighted by Crippen LogP contribution is 2.20. The van der Waals surface area contributed by atoms with Gasteiger partial charge in [0.25, 0.3) is 0 Å². The number of aryl methyl sites for hydroxylation is 1. The largest absolute Gasteiger partial charge is 0.359 e. The third kappa shape index (κ3) is 1.40. The zero-order valence-corrected chi connectivity index (χ0v) is 6.45. The van der Waals surface area contributed by atoms with Crippen molar-refractivity contribution in [2.24, 2.45) is 0 Å². The van der Waals surface area contributed by atoms with Crippen molar-refractivity contribution in [2.75, 3.05) is 0 Å². The molecular formula is C9H10FN. The molecule has 0 fully saturated rings. The lowest BCUT2D eigenvalue weighted by Crippen LogP contribution is -1.76. The van der Waals surface area contributed by atoms with Crippen molar-refractivity contribution < 1.29 is 4.39 Å². The van der Waals surface area contributed by atoms with Crippen LogP contribution in [0.25, 0.3) is 11.9 Å². The normalized spacial score (nSPS) is 9.64. The van der Waals surface area contributed by atoms with Crippen LogP contribution in [0, 0.1) is 6.92 Å². The summed E-state index contributed by atoms with van der Waals surface area (Å²) in [5.41, 5.74) is 2.10. The number of aromatic nitrogens is 1. The molecule has 0 spiro atoms. The minimum atomic E-state index is -0.427. The fourth-order valence-corrected chi connectivity index (χ4v) is 0.996. The van der Waals surface area contributed by atoms with Gasteiger partial charge in [0.15, 0.2) is 0 Å². The van der Waals surface area contributed by atoms with Crippen LogP contribution in [0.5, 0.6) is 0 Å². The van der Waals surface area contributed by atoms with Crippen LogP contribution in [0.4, 0.5) is 4.39 Å². The second-order valence-electron chi connectivity index (χ2n) is 2.39. The fraction of sp³-hybridized carbons (Fsp3) is 0.111. The average Bonchev–Trinajstić information content (AvgIpc) is 2.30. The standard InChI is InChI=1S/C9H10FN/c1-4-9-8(7(3)10)5-6(2)11-9/h4-5,11H,1,3H2,2H3. The molecule has 2 heteroatoms. The van der Waals surface area contributed by atoms with Gasteiger partial charge >= 0.3 is 0 Å². The Balaban J connectivity index is 3.22. The van der Waals surface area contributed by atoms with Gasteiger partial charge in [-0.1, -0.05) is 13.2 Å². The zero-order chi connectivity index (χ0) is 8.43. The Morgan fingerprint density at radius 3 is 2.73 bits per heavy atom. The molecule has 0 bridgehead atoms. The van der Waals surface area contributed by atoms with Crippen LogP contribution in [-0.4, -0.2) is 4.98 Å². The monoisotopic (exact) mass is 151 g/mol. The zero-order valence-electron chi connectivity index (χ0n) is 6.45. The lowest BCUT2D eigenvalue weighted by molar-refractivity contribution is 0.763. The molecule has 1 heterocycles. The van der Waals surface area contributed by atoms with Crippen molar-refractivity contribution in [1.82, 2.24) is 4.98 Å². The molecule has 0 atom stereocenters. The van der Waals surface area contributed by atoms with E-state index in [1.165, 1.54) is 0 Å². The second kappa shape index (κ2) is 2.74. The van der Waals surface area contributed by atoms with E-state index >= 15 is 0 Å². The summed E-state index contributed by atoms with van der Waals surface area (Å²) < 4.78 is 12.6. The molecule has 0 saturated carbocycles. The first-order valence-corrected chi connectivity index (χ1v) is 3.32. The molecule has 1 N–H and O–H groups in total. The number of halogens is 1. The molecule has 0 aliphatic heterocycles. The van der Waals surface area contributed by atoms with Gasteiger partial charge in [-0.2, -0.15) is 0 Å². The van der Waals surface area contributed by atoms with E-state index in [9.17, 15) is 4.39 Å². The van der Waals surface area contributed by atoms with E-state index in [0.717, 1.165) is 5.69 Å². The summed E-state index contributed by atoms with van der Waals surface area (Å²) >= 11 is 0. The Morgan fingerprint density at radius 2 is 2.36 bits per heavy atom. The molecule has 0 unspecified atom stereocenters. The molecule has 0 aliphatic rings. The minimum Gasteiger partial charge on any atom is -0.359 e. The minimum absolute atomic E-state index is 0.427. The first kappa shape index (κ1) is 7.79. The Hall–Kier alpha value is -1.31. The van der Waals surface area contributed by atoms with E-state index in [-0.39, 0.29) is 0 Å². The number of hydrogen-bond donors (Lipinski definition) is 1. The summed E-state index contributed by atoms with van der Waals surface area (Å²) in [6.45, 7) is 8.62. The molecule has 0 radical (unpaired) electrons. The van der Waals surface area contributed by atoms with E-state index in [1.807, 2.05) is 6.92 Å². The first-order valence-electron chi connectivity index (χ1n) is 3.32. The third-order valence-electron chi connectivity index (χ3n) is 1.48. The van der Waals surface area contributed by atoms with Crippen LogP contribution < -0.4 is 0 Å². The van der Waals surface area contributed by atoms with Crippen molar-refractivity contribution in [1.29, 1.82) is 0 Å². The Morgan fingerprint density at radius 1 is 1.73 bits per heavy atom. The molecular weight excluding hydrogens is 141 g/mol. The summed E-state index contributed by atoms with van der Waals surface area (Å²) in [5.74, 6) is -0.427. The van der Waals surface area contributed by atoms with Gasteiger partial charge in [0.05, 0.1) is 0 Å². The molecule has 1 nitrogen and oxygen atoms in total. The molecule has 0 aromatic carbocycles. The number of aromatic amines is 1. The summed E-state index contributed by atoms with van der Waals surface area (Å²) in [6.07, 6.45) is 1.58. The maximum absolute atomic E-state index is 12.6. The van der Waals surface area contributed by atoms with Crippen LogP contribution in [0.3, 0.4) is 0 Å². The van der Waals surface area contributed by atoms with Crippen LogP contribution >= 0.6 is 0 Å². The summed E-state index contributed by atoms with van der Waals surface area (Å²) in [4.78, 5) is 2.96. The Kier molecular flexibility index (Phi) is 1.94. The predicted octanol–water partition coefficient (Wildman–Crippen LogP) is 2.91. The lowest BCUT2D eigenvalue weighted by Gasteiger charge is -1.91. The van der Waals surface area contributed by atoms with Gasteiger partial charge in [-0.3, -0.25) is 0 Å². The van der Waals surface area contributed by atoms with Crippen molar-refractivity contribution >= 4 is 11.9 Å². The van der Waals surface area contributed by atoms with E-state index in [2.05, 4.69) is 18.1 Å². The SMILES string of the molecule is C=Cc1[nH]c(C)cc1C(=C)F. The number of H-pyrrole nitrogens is 1. The van der Waals surface area contributed by atoms with Gasteiger partial charge in [-0.05, 0) is 19.1 Å². The smallest absolute Gasteiger partial charge is 0.125 e. The molecule has 0 saturated heterocycles. The third-order valence-corrected chi connectivity index (χ3v) is 1.48. The Bertz CT molecular complexity index is 297.